The van der Waals surface area contributed by atoms with Gasteiger partial charge < -0.3 is 5.32 Å². The minimum absolute atomic E-state index is 0.00486. The normalized spacial score (nSPS) is 14.3. The van der Waals surface area contributed by atoms with Crippen LogP contribution in [-0.4, -0.2) is 18.0 Å². The van der Waals surface area contributed by atoms with Crippen molar-refractivity contribution in [3.8, 4) is 0 Å². The fourth-order valence-corrected chi connectivity index (χ4v) is 2.50. The van der Waals surface area contributed by atoms with Crippen LogP contribution in [0.15, 0.2) is 12.1 Å². The number of nitrogens with zero attached hydrogens (tertiary/aromatic N) is 1. The summed E-state index contributed by atoms with van der Waals surface area (Å²) in [5.41, 5.74) is 0.456. The fraction of sp³-hybridized carbons (Fsp3) is 0.500. The van der Waals surface area contributed by atoms with Crippen LogP contribution < -0.4 is 5.32 Å². The topological polar surface area (TPSA) is 55.2 Å². The second kappa shape index (κ2) is 6.42. The Morgan fingerprint density at radius 1 is 1.56 bits per heavy atom. The summed E-state index contributed by atoms with van der Waals surface area (Å²) in [6.45, 7) is 3.88. The molecule has 1 rings (SSSR count). The summed E-state index contributed by atoms with van der Waals surface area (Å²) in [5, 5.41) is 14.1. The van der Waals surface area contributed by atoms with Crippen molar-refractivity contribution in [2.75, 3.05) is 7.05 Å². The maximum absolute atomic E-state index is 13.6. The molecule has 0 aliphatic rings. The van der Waals surface area contributed by atoms with Gasteiger partial charge in [0.1, 0.15) is 5.82 Å². The summed E-state index contributed by atoms with van der Waals surface area (Å²) in [6.07, 6.45) is 0.711. The molecule has 2 unspecified atom stereocenters. The highest BCUT2D eigenvalue weighted by Gasteiger charge is 2.26. The van der Waals surface area contributed by atoms with Crippen LogP contribution in [0.25, 0.3) is 0 Å². The van der Waals surface area contributed by atoms with Gasteiger partial charge in [0, 0.05) is 23.6 Å². The van der Waals surface area contributed by atoms with Crippen molar-refractivity contribution in [2.24, 2.45) is 0 Å². The highest BCUT2D eigenvalue weighted by atomic mass is 127. The lowest BCUT2D eigenvalue weighted by atomic mass is 9.89. The molecule has 0 spiro atoms. The van der Waals surface area contributed by atoms with Crippen LogP contribution >= 0.6 is 22.6 Å². The van der Waals surface area contributed by atoms with Crippen molar-refractivity contribution in [1.29, 1.82) is 0 Å². The molecule has 0 aliphatic heterocycles. The van der Waals surface area contributed by atoms with Gasteiger partial charge in [-0.2, -0.15) is 0 Å². The maximum Gasteiger partial charge on any atom is 0.274 e. The van der Waals surface area contributed by atoms with E-state index in [4.69, 9.17) is 0 Å². The average molecular weight is 366 g/mol. The highest BCUT2D eigenvalue weighted by molar-refractivity contribution is 14.1. The zero-order valence-corrected chi connectivity index (χ0v) is 12.7. The quantitative estimate of drug-likeness (QED) is 0.494. The molecule has 0 amide bonds. The third kappa shape index (κ3) is 3.17. The summed E-state index contributed by atoms with van der Waals surface area (Å²) < 4.78 is 13.9. The number of nitrogens with one attached hydrogen (secondary N) is 1. The molecule has 4 nitrogen and oxygen atoms in total. The molecule has 1 aromatic rings. The lowest BCUT2D eigenvalue weighted by molar-refractivity contribution is -0.385. The molecule has 6 heteroatoms. The molecule has 0 saturated carbocycles. The van der Waals surface area contributed by atoms with Crippen LogP contribution in [0.3, 0.4) is 0 Å². The Kier molecular flexibility index (Phi) is 5.46. The number of hydrogen-bond acceptors (Lipinski definition) is 3. The Bertz CT molecular complexity index is 454. The van der Waals surface area contributed by atoms with Crippen molar-refractivity contribution in [3.63, 3.8) is 0 Å². The van der Waals surface area contributed by atoms with E-state index in [1.54, 1.807) is 29.6 Å². The fourth-order valence-electron chi connectivity index (χ4n) is 2.05. The molecule has 1 N–H and O–H groups in total. The third-order valence-corrected chi connectivity index (χ3v) is 3.99. The van der Waals surface area contributed by atoms with Crippen molar-refractivity contribution in [1.82, 2.24) is 5.32 Å². The largest absolute Gasteiger partial charge is 0.317 e. The standard InChI is InChI=1S/C12H16FIN2O2/c1-4-8(7(2)15-3)9-5-10(13)11(14)6-12(9)16(17)18/h5-8,15H,4H2,1-3H3. The first-order valence-electron chi connectivity index (χ1n) is 5.72. The molecule has 0 radical (unpaired) electrons. The van der Waals surface area contributed by atoms with Gasteiger partial charge in [0.25, 0.3) is 5.69 Å². The monoisotopic (exact) mass is 366 g/mol. The van der Waals surface area contributed by atoms with Gasteiger partial charge in [-0.05, 0) is 49.0 Å². The van der Waals surface area contributed by atoms with E-state index in [2.05, 4.69) is 5.32 Å². The van der Waals surface area contributed by atoms with E-state index in [1.165, 1.54) is 12.1 Å². The molecule has 18 heavy (non-hydrogen) atoms. The van der Waals surface area contributed by atoms with Crippen LogP contribution in [0.5, 0.6) is 0 Å². The van der Waals surface area contributed by atoms with Crippen LogP contribution in [0.4, 0.5) is 10.1 Å². The number of nitro benzene ring substituents is 1. The summed E-state index contributed by atoms with van der Waals surface area (Å²) in [6, 6.07) is 2.64. The van der Waals surface area contributed by atoms with Crippen LogP contribution in [0, 0.1) is 19.5 Å². The average Bonchev–Trinajstić information content (AvgIpc) is 2.33. The van der Waals surface area contributed by atoms with Crippen molar-refractivity contribution in [2.45, 2.75) is 32.2 Å². The minimum atomic E-state index is -0.442. The van der Waals surface area contributed by atoms with Crippen LogP contribution in [0.1, 0.15) is 31.7 Å². The maximum atomic E-state index is 13.6. The van der Waals surface area contributed by atoms with Gasteiger partial charge in [-0.1, -0.05) is 6.92 Å². The first-order valence-corrected chi connectivity index (χ1v) is 6.80. The van der Waals surface area contributed by atoms with Gasteiger partial charge in [-0.3, -0.25) is 10.1 Å². The van der Waals surface area contributed by atoms with Gasteiger partial charge in [-0.15, -0.1) is 0 Å². The lowest BCUT2D eigenvalue weighted by Crippen LogP contribution is -2.29. The molecule has 0 saturated heterocycles. The van der Waals surface area contributed by atoms with E-state index in [-0.39, 0.29) is 21.2 Å². The van der Waals surface area contributed by atoms with E-state index >= 15 is 0 Å². The highest BCUT2D eigenvalue weighted by Crippen LogP contribution is 2.33. The Hall–Kier alpha value is -0.760. The van der Waals surface area contributed by atoms with E-state index in [1.807, 2.05) is 13.8 Å². The molecular formula is C12H16FIN2O2. The minimum Gasteiger partial charge on any atom is -0.317 e. The van der Waals surface area contributed by atoms with Crippen molar-refractivity contribution < 1.29 is 9.31 Å². The molecular weight excluding hydrogens is 350 g/mol. The third-order valence-electron chi connectivity index (χ3n) is 3.16. The van der Waals surface area contributed by atoms with E-state index in [0.29, 0.717) is 12.0 Å². The Morgan fingerprint density at radius 2 is 2.17 bits per heavy atom. The van der Waals surface area contributed by atoms with Crippen LogP contribution in [-0.2, 0) is 0 Å². The Balaban J connectivity index is 3.36. The van der Waals surface area contributed by atoms with Crippen molar-refractivity contribution in [3.05, 3.63) is 37.2 Å². The van der Waals surface area contributed by atoms with Gasteiger partial charge in [0.2, 0.25) is 0 Å². The SMILES string of the molecule is CCC(c1cc(F)c(I)cc1[N+](=O)[O-])C(C)NC. The Morgan fingerprint density at radius 3 is 2.61 bits per heavy atom. The van der Waals surface area contributed by atoms with Crippen molar-refractivity contribution >= 4 is 28.3 Å². The molecule has 0 fully saturated rings. The predicted octanol–water partition coefficient (Wildman–Crippen LogP) is 3.44. The number of rotatable bonds is 5. The van der Waals surface area contributed by atoms with Gasteiger partial charge in [0.05, 0.1) is 8.49 Å². The summed E-state index contributed by atoms with van der Waals surface area (Å²) in [4.78, 5) is 10.6. The van der Waals surface area contributed by atoms with Gasteiger partial charge >= 0.3 is 0 Å². The number of likely N-dealkylation sites (N-methyl/N-ethyl adjacent to an activating group) is 1. The smallest absolute Gasteiger partial charge is 0.274 e. The number of hydrogen-bond donors (Lipinski definition) is 1. The first-order chi connectivity index (χ1) is 8.42. The molecule has 100 valence electrons. The summed E-state index contributed by atoms with van der Waals surface area (Å²) >= 11 is 1.77. The second-order valence-corrected chi connectivity index (χ2v) is 5.34. The molecule has 0 aromatic heterocycles. The van der Waals surface area contributed by atoms with Crippen LogP contribution in [0.2, 0.25) is 0 Å². The van der Waals surface area contributed by atoms with E-state index in [0.717, 1.165) is 0 Å². The Labute approximate surface area is 119 Å². The summed E-state index contributed by atoms with van der Waals surface area (Å²) in [5.74, 6) is -0.486. The first kappa shape index (κ1) is 15.3. The molecule has 0 bridgehead atoms. The second-order valence-electron chi connectivity index (χ2n) is 4.17. The van der Waals surface area contributed by atoms with E-state index < -0.39 is 10.7 Å². The lowest BCUT2D eigenvalue weighted by Gasteiger charge is -2.22. The molecule has 2 atom stereocenters. The predicted molar refractivity (Wildman–Crippen MR) is 77.3 cm³/mol. The zero-order chi connectivity index (χ0) is 13.9. The molecule has 0 aliphatic carbocycles. The number of benzene rings is 1. The number of nitro groups is 1. The number of halogens is 2. The van der Waals surface area contributed by atoms with Gasteiger partial charge in [-0.25, -0.2) is 4.39 Å². The van der Waals surface area contributed by atoms with Gasteiger partial charge in [0.15, 0.2) is 0 Å². The molecule has 0 heterocycles. The zero-order valence-electron chi connectivity index (χ0n) is 10.5. The van der Waals surface area contributed by atoms with E-state index in [9.17, 15) is 14.5 Å². The summed E-state index contributed by atoms with van der Waals surface area (Å²) in [7, 11) is 1.79. The molecule has 1 aromatic carbocycles.